The summed E-state index contributed by atoms with van der Waals surface area (Å²) in [5, 5.41) is 11.4. The average molecular weight is 387 g/mol. The van der Waals surface area contributed by atoms with Crippen LogP contribution < -0.4 is 10.6 Å². The number of thiocarbonyl (C=S) groups is 2. The van der Waals surface area contributed by atoms with Gasteiger partial charge in [0.1, 0.15) is 0 Å². The molecule has 0 heterocycles. The van der Waals surface area contributed by atoms with Crippen LogP contribution in [0.2, 0.25) is 0 Å². The summed E-state index contributed by atoms with van der Waals surface area (Å²) in [6, 6.07) is 29.0. The molecule has 0 bridgehead atoms. The molecule has 2 N–H and O–H groups in total. The van der Waals surface area contributed by atoms with E-state index in [1.54, 1.807) is 0 Å². The molecule has 0 radical (unpaired) electrons. The largest absolute Gasteiger partial charge is 0.350 e. The maximum atomic E-state index is 5.49. The van der Waals surface area contributed by atoms with Crippen LogP contribution in [-0.2, 0) is 0 Å². The lowest BCUT2D eigenvalue weighted by Gasteiger charge is -2.12. The van der Waals surface area contributed by atoms with E-state index in [0.29, 0.717) is 16.4 Å². The molecule has 0 aliphatic carbocycles. The lowest BCUT2D eigenvalue weighted by molar-refractivity contribution is 1.55. The van der Waals surface area contributed by atoms with Gasteiger partial charge in [-0.05, 0) is 45.8 Å². The Hall–Kier alpha value is -2.82. The van der Waals surface area contributed by atoms with Crippen LogP contribution >= 0.6 is 24.4 Å². The van der Waals surface area contributed by atoms with E-state index in [0.717, 1.165) is 11.4 Å². The van der Waals surface area contributed by atoms with Crippen LogP contribution in [-0.4, -0.2) is 9.98 Å². The van der Waals surface area contributed by atoms with Crippen molar-refractivity contribution >= 4 is 67.3 Å². The molecule has 132 valence electrons. The summed E-state index contributed by atoms with van der Waals surface area (Å²) in [4.78, 5) is 1.40. The van der Waals surface area contributed by atoms with Gasteiger partial charge in [-0.15, -0.1) is 0 Å². The van der Waals surface area contributed by atoms with Gasteiger partial charge in [0.2, 0.25) is 0 Å². The lowest BCUT2D eigenvalue weighted by atomic mass is 10.1. The van der Waals surface area contributed by atoms with Gasteiger partial charge in [-0.1, -0.05) is 85.1 Å². The van der Waals surface area contributed by atoms with Gasteiger partial charge >= 0.3 is 0 Å². The van der Waals surface area contributed by atoms with Gasteiger partial charge in [-0.3, -0.25) is 0 Å². The molecule has 0 amide bonds. The zero-order valence-electron chi connectivity index (χ0n) is 14.6. The number of hydrogen-bond acceptors (Lipinski definition) is 2. The highest BCUT2D eigenvalue weighted by molar-refractivity contribution is 7.82. The topological polar surface area (TPSA) is 24.1 Å². The molecule has 0 atom stereocenters. The van der Waals surface area contributed by atoms with E-state index < -0.39 is 0 Å². The zero-order chi connectivity index (χ0) is 18.6. The number of fused-ring (bicyclic) bond motifs is 2. The highest BCUT2D eigenvalue weighted by Crippen LogP contribution is 2.21. The minimum absolute atomic E-state index is 0.504. The number of benzene rings is 4. The Kier molecular flexibility index (Phi) is 5.10. The molecular weight excluding hydrogens is 368 g/mol. The van der Waals surface area contributed by atoms with E-state index in [1.165, 1.54) is 21.5 Å². The van der Waals surface area contributed by atoms with Crippen molar-refractivity contribution < 1.29 is 0 Å². The summed E-state index contributed by atoms with van der Waals surface area (Å²) in [5.74, 6) is 0. The summed E-state index contributed by atoms with van der Waals surface area (Å²) >= 11 is 11.0. The van der Waals surface area contributed by atoms with Crippen LogP contribution in [0.3, 0.4) is 0 Å². The molecule has 0 aliphatic rings. The van der Waals surface area contributed by atoms with E-state index >= 15 is 0 Å². The predicted molar refractivity (Wildman–Crippen MR) is 125 cm³/mol. The van der Waals surface area contributed by atoms with Gasteiger partial charge in [-0.25, -0.2) is 0 Å². The molecule has 27 heavy (non-hydrogen) atoms. The van der Waals surface area contributed by atoms with Gasteiger partial charge in [0.15, 0.2) is 0 Å². The van der Waals surface area contributed by atoms with Crippen LogP contribution in [0.1, 0.15) is 6.42 Å². The van der Waals surface area contributed by atoms with Crippen molar-refractivity contribution in [3.05, 3.63) is 84.9 Å². The van der Waals surface area contributed by atoms with Crippen molar-refractivity contribution in [3.8, 4) is 0 Å². The monoisotopic (exact) mass is 386 g/mol. The molecule has 4 rings (SSSR count). The molecule has 4 heteroatoms. The molecule has 0 spiro atoms. The third-order valence-corrected chi connectivity index (χ3v) is 4.88. The molecule has 4 aromatic rings. The van der Waals surface area contributed by atoms with Crippen LogP contribution in [0.5, 0.6) is 0 Å². The Morgan fingerprint density at radius 1 is 0.556 bits per heavy atom. The summed E-state index contributed by atoms with van der Waals surface area (Å²) < 4.78 is 0. The maximum absolute atomic E-state index is 5.49. The van der Waals surface area contributed by atoms with Crippen LogP contribution in [0.15, 0.2) is 84.9 Å². The molecule has 0 aliphatic heterocycles. The number of anilines is 2. The van der Waals surface area contributed by atoms with E-state index in [2.05, 4.69) is 59.2 Å². The lowest BCUT2D eigenvalue weighted by Crippen LogP contribution is -2.18. The van der Waals surface area contributed by atoms with Crippen molar-refractivity contribution in [2.45, 2.75) is 6.42 Å². The predicted octanol–water partition coefficient (Wildman–Crippen LogP) is 6.56. The van der Waals surface area contributed by atoms with Gasteiger partial charge in [0.05, 0.1) is 9.98 Å². The van der Waals surface area contributed by atoms with Crippen LogP contribution in [0.25, 0.3) is 21.5 Å². The van der Waals surface area contributed by atoms with Crippen LogP contribution in [0, 0.1) is 0 Å². The molecule has 4 aromatic carbocycles. The van der Waals surface area contributed by atoms with Gasteiger partial charge in [-0.2, -0.15) is 0 Å². The van der Waals surface area contributed by atoms with Gasteiger partial charge in [0, 0.05) is 17.8 Å². The fraction of sp³-hybridized carbons (Fsp3) is 0.0435. The summed E-state index contributed by atoms with van der Waals surface area (Å²) in [6.07, 6.45) is 0.504. The Bertz CT molecular complexity index is 1060. The second-order valence-electron chi connectivity index (χ2n) is 6.40. The smallest absolute Gasteiger partial charge is 0.0865 e. The first-order valence-corrected chi connectivity index (χ1v) is 9.56. The average Bonchev–Trinajstić information content (AvgIpc) is 2.67. The highest BCUT2D eigenvalue weighted by Gasteiger charge is 2.05. The first-order chi connectivity index (χ1) is 13.2. The van der Waals surface area contributed by atoms with Crippen molar-refractivity contribution in [2.24, 2.45) is 0 Å². The quantitative estimate of drug-likeness (QED) is 0.388. The van der Waals surface area contributed by atoms with Crippen molar-refractivity contribution in [1.82, 2.24) is 0 Å². The molecule has 2 nitrogen and oxygen atoms in total. The molecule has 0 aromatic heterocycles. The maximum Gasteiger partial charge on any atom is 0.0865 e. The van der Waals surface area contributed by atoms with Gasteiger partial charge in [0.25, 0.3) is 0 Å². The normalized spacial score (nSPS) is 10.7. The van der Waals surface area contributed by atoms with Crippen LogP contribution in [0.4, 0.5) is 11.4 Å². The zero-order valence-corrected chi connectivity index (χ0v) is 16.2. The molecule has 0 unspecified atom stereocenters. The number of hydrogen-bond donors (Lipinski definition) is 2. The summed E-state index contributed by atoms with van der Waals surface area (Å²) in [6.45, 7) is 0. The molecular formula is C23H18N2S2. The Balaban J connectivity index is 1.39. The van der Waals surface area contributed by atoms with E-state index in [4.69, 9.17) is 24.4 Å². The third-order valence-electron chi connectivity index (χ3n) is 4.39. The third kappa shape index (κ3) is 4.30. The second kappa shape index (κ2) is 7.82. The Labute approximate surface area is 169 Å². The fourth-order valence-corrected chi connectivity index (χ4v) is 3.71. The molecule has 0 saturated heterocycles. The minimum atomic E-state index is 0.504. The minimum Gasteiger partial charge on any atom is -0.350 e. The SMILES string of the molecule is S=C(CC(=S)Nc1ccc2ccccc2c1)Nc1ccc2ccccc2c1. The molecule has 0 saturated carbocycles. The fourth-order valence-electron chi connectivity index (χ4n) is 3.09. The van der Waals surface area contributed by atoms with Crippen molar-refractivity contribution in [2.75, 3.05) is 10.6 Å². The first kappa shape index (κ1) is 17.6. The van der Waals surface area contributed by atoms with Crippen molar-refractivity contribution in [3.63, 3.8) is 0 Å². The van der Waals surface area contributed by atoms with E-state index in [-0.39, 0.29) is 0 Å². The molecule has 0 fully saturated rings. The number of nitrogens with one attached hydrogen (secondary N) is 2. The first-order valence-electron chi connectivity index (χ1n) is 8.75. The van der Waals surface area contributed by atoms with E-state index in [1.807, 2.05) is 36.4 Å². The Morgan fingerprint density at radius 3 is 1.41 bits per heavy atom. The highest BCUT2D eigenvalue weighted by atomic mass is 32.1. The Morgan fingerprint density at radius 2 is 0.963 bits per heavy atom. The second-order valence-corrected chi connectivity index (χ2v) is 7.38. The van der Waals surface area contributed by atoms with Crippen molar-refractivity contribution in [1.29, 1.82) is 0 Å². The number of rotatable bonds is 4. The summed E-state index contributed by atoms with van der Waals surface area (Å²) in [7, 11) is 0. The standard InChI is InChI=1S/C23H18N2S2/c26-22(24-20-11-9-16-5-1-3-7-18(16)13-20)15-23(27)25-21-12-10-17-6-2-4-8-19(17)14-21/h1-14H,15H2,(H,24,26)(H,25,27). The van der Waals surface area contributed by atoms with E-state index in [9.17, 15) is 0 Å². The summed E-state index contributed by atoms with van der Waals surface area (Å²) in [5.41, 5.74) is 1.96. The van der Waals surface area contributed by atoms with Gasteiger partial charge < -0.3 is 10.6 Å².